The SMILES string of the molecule is COc1ccc(C(=O)N2CC(Oc3nccc(C#N)c3C)CCC2C)c(Cl)n1. The lowest BCUT2D eigenvalue weighted by atomic mass is 10.00. The fourth-order valence-corrected chi connectivity index (χ4v) is 3.44. The van der Waals surface area contributed by atoms with Gasteiger partial charge in [0.25, 0.3) is 5.91 Å². The molecule has 0 radical (unpaired) electrons. The molecule has 0 N–H and O–H groups in total. The van der Waals surface area contributed by atoms with Crippen molar-refractivity contribution in [2.75, 3.05) is 13.7 Å². The van der Waals surface area contributed by atoms with E-state index in [4.69, 9.17) is 21.1 Å². The zero-order valence-corrected chi connectivity index (χ0v) is 16.7. The van der Waals surface area contributed by atoms with Gasteiger partial charge in [0.15, 0.2) is 0 Å². The molecule has 0 aromatic carbocycles. The van der Waals surface area contributed by atoms with Crippen LogP contribution in [0, 0.1) is 18.3 Å². The van der Waals surface area contributed by atoms with Crippen molar-refractivity contribution in [2.24, 2.45) is 0 Å². The fourth-order valence-electron chi connectivity index (χ4n) is 3.21. The highest BCUT2D eigenvalue weighted by Gasteiger charge is 2.32. The third-order valence-corrected chi connectivity index (χ3v) is 5.21. The van der Waals surface area contributed by atoms with Crippen LogP contribution in [0.15, 0.2) is 24.4 Å². The monoisotopic (exact) mass is 400 g/mol. The Bertz CT molecular complexity index is 928. The summed E-state index contributed by atoms with van der Waals surface area (Å²) in [5.74, 6) is 0.583. The maximum absolute atomic E-state index is 13.0. The van der Waals surface area contributed by atoms with Gasteiger partial charge in [-0.3, -0.25) is 4.79 Å². The van der Waals surface area contributed by atoms with Gasteiger partial charge in [0.05, 0.1) is 30.9 Å². The molecule has 1 saturated heterocycles. The largest absolute Gasteiger partial charge is 0.481 e. The van der Waals surface area contributed by atoms with Crippen LogP contribution >= 0.6 is 11.6 Å². The highest BCUT2D eigenvalue weighted by atomic mass is 35.5. The van der Waals surface area contributed by atoms with Crippen molar-refractivity contribution in [1.29, 1.82) is 5.26 Å². The minimum atomic E-state index is -0.217. The van der Waals surface area contributed by atoms with Crippen molar-refractivity contribution >= 4 is 17.5 Å². The molecule has 0 spiro atoms. The second-order valence-electron chi connectivity index (χ2n) is 6.72. The first kappa shape index (κ1) is 19.9. The molecule has 28 heavy (non-hydrogen) atoms. The Balaban J connectivity index is 1.78. The van der Waals surface area contributed by atoms with Crippen LogP contribution in [0.25, 0.3) is 0 Å². The van der Waals surface area contributed by atoms with E-state index in [0.29, 0.717) is 35.0 Å². The van der Waals surface area contributed by atoms with Crippen LogP contribution in [0.5, 0.6) is 11.8 Å². The van der Waals surface area contributed by atoms with E-state index < -0.39 is 0 Å². The Morgan fingerprint density at radius 2 is 2.14 bits per heavy atom. The van der Waals surface area contributed by atoms with Gasteiger partial charge in [0, 0.05) is 23.9 Å². The van der Waals surface area contributed by atoms with Crippen molar-refractivity contribution in [3.05, 3.63) is 46.2 Å². The van der Waals surface area contributed by atoms with E-state index in [1.54, 1.807) is 36.2 Å². The van der Waals surface area contributed by atoms with Crippen LogP contribution < -0.4 is 9.47 Å². The topological polar surface area (TPSA) is 88.3 Å². The summed E-state index contributed by atoms with van der Waals surface area (Å²) in [5, 5.41) is 9.28. The number of ether oxygens (including phenoxy) is 2. The average Bonchev–Trinajstić information content (AvgIpc) is 2.70. The number of carbonyl (C=O) groups is 1. The van der Waals surface area contributed by atoms with Gasteiger partial charge in [-0.1, -0.05) is 11.6 Å². The van der Waals surface area contributed by atoms with Gasteiger partial charge < -0.3 is 14.4 Å². The number of halogens is 1. The number of amides is 1. The lowest BCUT2D eigenvalue weighted by Crippen LogP contribution is -2.49. The maximum Gasteiger partial charge on any atom is 0.257 e. The van der Waals surface area contributed by atoms with Gasteiger partial charge >= 0.3 is 0 Å². The molecule has 2 unspecified atom stereocenters. The maximum atomic E-state index is 13.0. The number of carbonyl (C=O) groups excluding carboxylic acids is 1. The van der Waals surface area contributed by atoms with E-state index in [2.05, 4.69) is 16.0 Å². The Morgan fingerprint density at radius 1 is 1.36 bits per heavy atom. The summed E-state index contributed by atoms with van der Waals surface area (Å²) in [5.41, 5.74) is 1.55. The van der Waals surface area contributed by atoms with Crippen molar-refractivity contribution in [3.8, 4) is 17.8 Å². The molecule has 2 atom stereocenters. The molecular weight excluding hydrogens is 380 g/mol. The molecule has 1 fully saturated rings. The molecule has 0 aliphatic carbocycles. The second-order valence-corrected chi connectivity index (χ2v) is 7.07. The molecule has 1 amide bonds. The van der Waals surface area contributed by atoms with Crippen LogP contribution in [0.1, 0.15) is 41.3 Å². The first-order valence-electron chi connectivity index (χ1n) is 8.98. The molecule has 0 bridgehead atoms. The molecule has 7 nitrogen and oxygen atoms in total. The molecule has 1 aliphatic heterocycles. The van der Waals surface area contributed by atoms with E-state index in [-0.39, 0.29) is 23.2 Å². The predicted molar refractivity (Wildman–Crippen MR) is 104 cm³/mol. The zero-order chi connectivity index (χ0) is 20.3. The normalized spacial score (nSPS) is 19.0. The summed E-state index contributed by atoms with van der Waals surface area (Å²) in [6.07, 6.45) is 2.91. The number of piperidine rings is 1. The standard InChI is InChI=1S/C20H21ClN4O3/c1-12-4-5-15(28-19-13(2)14(10-22)8-9-23-19)11-25(12)20(26)16-6-7-17(27-3)24-18(16)21/h6-9,12,15H,4-5,11H2,1-3H3. The summed E-state index contributed by atoms with van der Waals surface area (Å²) in [6.45, 7) is 4.21. The number of methoxy groups -OCH3 is 1. The number of hydrogen-bond donors (Lipinski definition) is 0. The van der Waals surface area contributed by atoms with E-state index >= 15 is 0 Å². The lowest BCUT2D eigenvalue weighted by molar-refractivity contribution is 0.0371. The van der Waals surface area contributed by atoms with Crippen LogP contribution in [0.4, 0.5) is 0 Å². The Labute approximate surface area is 168 Å². The number of rotatable bonds is 4. The van der Waals surface area contributed by atoms with Gasteiger partial charge in [-0.05, 0) is 38.8 Å². The molecule has 3 heterocycles. The number of likely N-dealkylation sites (tertiary alicyclic amines) is 1. The van der Waals surface area contributed by atoms with Crippen molar-refractivity contribution in [3.63, 3.8) is 0 Å². The number of hydrogen-bond acceptors (Lipinski definition) is 6. The van der Waals surface area contributed by atoms with Crippen molar-refractivity contribution in [2.45, 2.75) is 38.8 Å². The minimum absolute atomic E-state index is 0.0463. The van der Waals surface area contributed by atoms with Gasteiger partial charge in [-0.2, -0.15) is 5.26 Å². The Morgan fingerprint density at radius 3 is 2.82 bits per heavy atom. The minimum Gasteiger partial charge on any atom is -0.481 e. The second kappa shape index (κ2) is 8.44. The Kier molecular flexibility index (Phi) is 6.00. The van der Waals surface area contributed by atoms with Gasteiger partial charge in [-0.15, -0.1) is 0 Å². The molecule has 3 rings (SSSR count). The third kappa shape index (κ3) is 4.02. The van der Waals surface area contributed by atoms with Crippen molar-refractivity contribution in [1.82, 2.24) is 14.9 Å². The quantitative estimate of drug-likeness (QED) is 0.731. The molecule has 0 saturated carbocycles. The highest BCUT2D eigenvalue weighted by molar-refractivity contribution is 6.32. The van der Waals surface area contributed by atoms with Crippen molar-refractivity contribution < 1.29 is 14.3 Å². The molecular formula is C20H21ClN4O3. The fraction of sp³-hybridized carbons (Fsp3) is 0.400. The predicted octanol–water partition coefficient (Wildman–Crippen LogP) is 3.39. The van der Waals surface area contributed by atoms with E-state index in [9.17, 15) is 10.1 Å². The molecule has 1 aliphatic rings. The number of aromatic nitrogens is 2. The average molecular weight is 401 g/mol. The highest BCUT2D eigenvalue weighted by Crippen LogP contribution is 2.27. The van der Waals surface area contributed by atoms with E-state index in [1.165, 1.54) is 7.11 Å². The molecule has 2 aromatic rings. The lowest BCUT2D eigenvalue weighted by Gasteiger charge is -2.38. The summed E-state index contributed by atoms with van der Waals surface area (Å²) in [6, 6.07) is 7.06. The summed E-state index contributed by atoms with van der Waals surface area (Å²) >= 11 is 6.18. The number of nitrogens with zero attached hydrogens (tertiary/aromatic N) is 4. The number of pyridine rings is 2. The molecule has 146 valence electrons. The van der Waals surface area contributed by atoms with Crippen LogP contribution in [0.3, 0.4) is 0 Å². The first-order valence-corrected chi connectivity index (χ1v) is 9.36. The Hall–Kier alpha value is -2.85. The van der Waals surface area contributed by atoms with E-state index in [1.807, 2.05) is 6.92 Å². The number of nitriles is 1. The van der Waals surface area contributed by atoms with Gasteiger partial charge in [-0.25, -0.2) is 9.97 Å². The molecule has 2 aromatic heterocycles. The van der Waals surface area contributed by atoms with Gasteiger partial charge in [0.2, 0.25) is 11.8 Å². The van der Waals surface area contributed by atoms with Crippen LogP contribution in [-0.2, 0) is 0 Å². The summed E-state index contributed by atoms with van der Waals surface area (Å²) in [7, 11) is 1.49. The smallest absolute Gasteiger partial charge is 0.257 e. The third-order valence-electron chi connectivity index (χ3n) is 4.92. The first-order chi connectivity index (χ1) is 13.4. The van der Waals surface area contributed by atoms with Gasteiger partial charge in [0.1, 0.15) is 11.3 Å². The van der Waals surface area contributed by atoms with Crippen LogP contribution in [0.2, 0.25) is 5.15 Å². The zero-order valence-electron chi connectivity index (χ0n) is 16.0. The summed E-state index contributed by atoms with van der Waals surface area (Å²) in [4.78, 5) is 23.1. The summed E-state index contributed by atoms with van der Waals surface area (Å²) < 4.78 is 11.1. The molecule has 8 heteroatoms. The van der Waals surface area contributed by atoms with Crippen LogP contribution in [-0.4, -0.2) is 46.6 Å². The van der Waals surface area contributed by atoms with E-state index in [0.717, 1.165) is 12.8 Å².